The smallest absolute Gasteiger partial charge is 0.331 e. The van der Waals surface area contributed by atoms with Crippen LogP contribution in [0.3, 0.4) is 0 Å². The molecule has 0 saturated heterocycles. The first-order valence-electron chi connectivity index (χ1n) is 5.39. The molecule has 0 bridgehead atoms. The third-order valence-electron chi connectivity index (χ3n) is 2.12. The number of aliphatic hydroxyl groups is 1. The van der Waals surface area contributed by atoms with E-state index in [4.69, 9.17) is 10.2 Å². The van der Waals surface area contributed by atoms with E-state index in [-0.39, 0.29) is 6.10 Å². The number of aliphatic hydroxyl groups excluding tert-OH is 1. The summed E-state index contributed by atoms with van der Waals surface area (Å²) in [6.45, 7) is 4.97. The standard InChI is InChI=1S/C11H21NO3/c1-3-10(11(14)15)6-8-12-7-4-5-9(2)13/h6,9,12-13H,3-5,7-8H2,1-2H3,(H,14,15). The van der Waals surface area contributed by atoms with Crippen LogP contribution in [-0.2, 0) is 4.79 Å². The zero-order chi connectivity index (χ0) is 11.7. The summed E-state index contributed by atoms with van der Waals surface area (Å²) < 4.78 is 0. The van der Waals surface area contributed by atoms with Gasteiger partial charge in [-0.15, -0.1) is 0 Å². The Labute approximate surface area is 91.0 Å². The Kier molecular flexibility index (Phi) is 7.95. The molecule has 4 nitrogen and oxygen atoms in total. The van der Waals surface area contributed by atoms with Gasteiger partial charge in [-0.05, 0) is 32.7 Å². The minimum Gasteiger partial charge on any atom is -0.478 e. The number of nitrogens with one attached hydrogen (secondary N) is 1. The Bertz CT molecular complexity index is 212. The highest BCUT2D eigenvalue weighted by atomic mass is 16.4. The van der Waals surface area contributed by atoms with Gasteiger partial charge in [0.1, 0.15) is 0 Å². The van der Waals surface area contributed by atoms with E-state index in [0.29, 0.717) is 18.5 Å². The molecule has 0 aromatic heterocycles. The molecule has 0 spiro atoms. The van der Waals surface area contributed by atoms with Crippen LogP contribution in [0.4, 0.5) is 0 Å². The van der Waals surface area contributed by atoms with Crippen LogP contribution in [0, 0.1) is 0 Å². The topological polar surface area (TPSA) is 69.6 Å². The molecular weight excluding hydrogens is 194 g/mol. The summed E-state index contributed by atoms with van der Waals surface area (Å²) in [5.74, 6) is -0.844. The van der Waals surface area contributed by atoms with E-state index in [1.807, 2.05) is 6.92 Å². The second-order valence-corrected chi connectivity index (χ2v) is 3.58. The van der Waals surface area contributed by atoms with E-state index in [9.17, 15) is 4.79 Å². The van der Waals surface area contributed by atoms with Crippen molar-refractivity contribution in [3.05, 3.63) is 11.6 Å². The highest BCUT2D eigenvalue weighted by Gasteiger charge is 2.02. The van der Waals surface area contributed by atoms with Crippen molar-refractivity contribution in [2.45, 2.75) is 39.2 Å². The van der Waals surface area contributed by atoms with E-state index >= 15 is 0 Å². The summed E-state index contributed by atoms with van der Waals surface area (Å²) in [4.78, 5) is 10.6. The normalized spacial score (nSPS) is 13.9. The Morgan fingerprint density at radius 2 is 2.20 bits per heavy atom. The van der Waals surface area contributed by atoms with Gasteiger partial charge in [-0.3, -0.25) is 0 Å². The highest BCUT2D eigenvalue weighted by Crippen LogP contribution is 1.99. The molecule has 0 amide bonds. The monoisotopic (exact) mass is 215 g/mol. The second-order valence-electron chi connectivity index (χ2n) is 3.58. The van der Waals surface area contributed by atoms with Gasteiger partial charge in [-0.1, -0.05) is 13.0 Å². The summed E-state index contributed by atoms with van der Waals surface area (Å²) >= 11 is 0. The lowest BCUT2D eigenvalue weighted by molar-refractivity contribution is -0.132. The number of carbonyl (C=O) groups is 1. The van der Waals surface area contributed by atoms with Gasteiger partial charge < -0.3 is 15.5 Å². The largest absolute Gasteiger partial charge is 0.478 e. The molecule has 3 N–H and O–H groups in total. The van der Waals surface area contributed by atoms with Gasteiger partial charge in [0, 0.05) is 12.1 Å². The van der Waals surface area contributed by atoms with Gasteiger partial charge in [-0.2, -0.15) is 0 Å². The van der Waals surface area contributed by atoms with Crippen LogP contribution < -0.4 is 5.32 Å². The molecule has 4 heteroatoms. The third kappa shape index (κ3) is 8.15. The summed E-state index contributed by atoms with van der Waals surface area (Å²) in [5.41, 5.74) is 0.443. The molecule has 88 valence electrons. The first-order valence-corrected chi connectivity index (χ1v) is 5.39. The summed E-state index contributed by atoms with van der Waals surface area (Å²) in [6, 6.07) is 0. The highest BCUT2D eigenvalue weighted by molar-refractivity contribution is 5.86. The Morgan fingerprint density at radius 3 is 2.67 bits per heavy atom. The molecule has 0 rings (SSSR count). The molecule has 1 unspecified atom stereocenters. The average molecular weight is 215 g/mol. The molecule has 0 aromatic carbocycles. The predicted octanol–water partition coefficient (Wildman–Crippen LogP) is 1.16. The molecular formula is C11H21NO3. The van der Waals surface area contributed by atoms with Crippen LogP contribution >= 0.6 is 0 Å². The molecule has 0 aliphatic heterocycles. The van der Waals surface area contributed by atoms with Crippen molar-refractivity contribution in [3.8, 4) is 0 Å². The number of aliphatic carboxylic acids is 1. The average Bonchev–Trinajstić information content (AvgIpc) is 2.15. The van der Waals surface area contributed by atoms with Crippen molar-refractivity contribution in [2.75, 3.05) is 13.1 Å². The van der Waals surface area contributed by atoms with Crippen molar-refractivity contribution < 1.29 is 15.0 Å². The maximum absolute atomic E-state index is 10.6. The van der Waals surface area contributed by atoms with E-state index in [1.165, 1.54) is 0 Å². The van der Waals surface area contributed by atoms with Crippen LogP contribution in [0.15, 0.2) is 11.6 Å². The summed E-state index contributed by atoms with van der Waals surface area (Å²) in [5, 5.41) is 20.8. The Balaban J connectivity index is 3.55. The van der Waals surface area contributed by atoms with Crippen molar-refractivity contribution >= 4 is 5.97 Å². The molecule has 0 aromatic rings. The van der Waals surface area contributed by atoms with Gasteiger partial charge >= 0.3 is 5.97 Å². The van der Waals surface area contributed by atoms with Gasteiger partial charge in [0.2, 0.25) is 0 Å². The Hall–Kier alpha value is -0.870. The predicted molar refractivity (Wildman–Crippen MR) is 59.8 cm³/mol. The number of hydrogen-bond acceptors (Lipinski definition) is 3. The molecule has 0 aliphatic carbocycles. The van der Waals surface area contributed by atoms with Crippen LogP contribution in [0.1, 0.15) is 33.1 Å². The van der Waals surface area contributed by atoms with Gasteiger partial charge in [0.05, 0.1) is 6.10 Å². The minimum absolute atomic E-state index is 0.257. The fourth-order valence-corrected chi connectivity index (χ4v) is 1.20. The van der Waals surface area contributed by atoms with E-state index in [0.717, 1.165) is 19.4 Å². The molecule has 15 heavy (non-hydrogen) atoms. The first-order chi connectivity index (χ1) is 7.07. The minimum atomic E-state index is -0.844. The van der Waals surface area contributed by atoms with E-state index < -0.39 is 5.97 Å². The number of carboxylic acid groups (broad SMARTS) is 1. The quantitative estimate of drug-likeness (QED) is 0.420. The summed E-state index contributed by atoms with van der Waals surface area (Å²) in [6.07, 6.45) is 3.67. The zero-order valence-corrected chi connectivity index (χ0v) is 9.49. The fourth-order valence-electron chi connectivity index (χ4n) is 1.20. The maximum Gasteiger partial charge on any atom is 0.331 e. The zero-order valence-electron chi connectivity index (χ0n) is 9.49. The van der Waals surface area contributed by atoms with Crippen molar-refractivity contribution in [3.63, 3.8) is 0 Å². The number of rotatable bonds is 8. The van der Waals surface area contributed by atoms with Gasteiger partial charge in [0.15, 0.2) is 0 Å². The first kappa shape index (κ1) is 14.1. The lowest BCUT2D eigenvalue weighted by Crippen LogP contribution is -2.17. The van der Waals surface area contributed by atoms with Crippen LogP contribution in [-0.4, -0.2) is 35.4 Å². The molecule has 0 heterocycles. The van der Waals surface area contributed by atoms with Crippen LogP contribution in [0.25, 0.3) is 0 Å². The molecule has 0 saturated carbocycles. The van der Waals surface area contributed by atoms with E-state index in [1.54, 1.807) is 13.0 Å². The number of hydrogen-bond donors (Lipinski definition) is 3. The fraction of sp³-hybridized carbons (Fsp3) is 0.727. The number of carboxylic acids is 1. The van der Waals surface area contributed by atoms with Gasteiger partial charge in [-0.25, -0.2) is 4.79 Å². The van der Waals surface area contributed by atoms with Gasteiger partial charge in [0.25, 0.3) is 0 Å². The lowest BCUT2D eigenvalue weighted by atomic mass is 10.2. The second kappa shape index (κ2) is 8.44. The molecule has 0 radical (unpaired) electrons. The maximum atomic E-state index is 10.6. The summed E-state index contributed by atoms with van der Waals surface area (Å²) in [7, 11) is 0. The SMILES string of the molecule is CCC(=CCNCCCC(C)O)C(=O)O. The van der Waals surface area contributed by atoms with Crippen molar-refractivity contribution in [1.82, 2.24) is 5.32 Å². The van der Waals surface area contributed by atoms with Crippen molar-refractivity contribution in [1.29, 1.82) is 0 Å². The van der Waals surface area contributed by atoms with Crippen LogP contribution in [0.5, 0.6) is 0 Å². The molecule has 1 atom stereocenters. The third-order valence-corrected chi connectivity index (χ3v) is 2.12. The molecule has 0 fully saturated rings. The Morgan fingerprint density at radius 1 is 1.53 bits per heavy atom. The molecule has 0 aliphatic rings. The van der Waals surface area contributed by atoms with Crippen molar-refractivity contribution in [2.24, 2.45) is 0 Å². The van der Waals surface area contributed by atoms with E-state index in [2.05, 4.69) is 5.32 Å². The lowest BCUT2D eigenvalue weighted by Gasteiger charge is -2.04. The van der Waals surface area contributed by atoms with Crippen LogP contribution in [0.2, 0.25) is 0 Å².